The molecule has 0 aliphatic heterocycles. The summed E-state index contributed by atoms with van der Waals surface area (Å²) < 4.78 is 1.69. The zero-order chi connectivity index (χ0) is 14.5. The van der Waals surface area contributed by atoms with Gasteiger partial charge in [-0.1, -0.05) is 0 Å². The standard InChI is InChI=1S/C10H12N6O3S/c1-16-5-13-15-7(16)2-11-10(19)12-3-8-14-6(4-20-8)9(17)18/h4-5H,2-3H2,1H3,(H,17,18)(H2,11,12,19). The predicted molar refractivity (Wildman–Crippen MR) is 69.2 cm³/mol. The highest BCUT2D eigenvalue weighted by Crippen LogP contribution is 2.09. The van der Waals surface area contributed by atoms with Crippen molar-refractivity contribution in [2.24, 2.45) is 7.05 Å². The van der Waals surface area contributed by atoms with E-state index in [1.165, 1.54) is 23.0 Å². The second-order valence-corrected chi connectivity index (χ2v) is 4.77. The van der Waals surface area contributed by atoms with E-state index >= 15 is 0 Å². The van der Waals surface area contributed by atoms with Crippen LogP contribution in [0.15, 0.2) is 11.7 Å². The summed E-state index contributed by atoms with van der Waals surface area (Å²) in [5, 5.41) is 23.4. The summed E-state index contributed by atoms with van der Waals surface area (Å²) in [6, 6.07) is -0.389. The molecule has 0 aromatic carbocycles. The molecule has 10 heteroatoms. The first-order valence-corrected chi connectivity index (χ1v) is 6.46. The van der Waals surface area contributed by atoms with Crippen molar-refractivity contribution in [1.82, 2.24) is 30.4 Å². The van der Waals surface area contributed by atoms with E-state index in [0.717, 1.165) is 0 Å². The van der Waals surface area contributed by atoms with Crippen molar-refractivity contribution in [3.05, 3.63) is 28.2 Å². The molecule has 20 heavy (non-hydrogen) atoms. The van der Waals surface area contributed by atoms with Gasteiger partial charge in [0.2, 0.25) is 0 Å². The van der Waals surface area contributed by atoms with Crippen LogP contribution in [0.2, 0.25) is 0 Å². The molecule has 2 heterocycles. The molecule has 106 valence electrons. The average molecular weight is 296 g/mol. The number of aryl methyl sites for hydroxylation is 1. The van der Waals surface area contributed by atoms with Gasteiger partial charge in [0.05, 0.1) is 13.1 Å². The van der Waals surface area contributed by atoms with Gasteiger partial charge in [0.1, 0.15) is 11.3 Å². The van der Waals surface area contributed by atoms with E-state index < -0.39 is 5.97 Å². The number of hydrogen-bond acceptors (Lipinski definition) is 6. The first-order valence-electron chi connectivity index (χ1n) is 5.58. The van der Waals surface area contributed by atoms with Gasteiger partial charge < -0.3 is 20.3 Å². The van der Waals surface area contributed by atoms with Crippen molar-refractivity contribution in [2.45, 2.75) is 13.1 Å². The Hall–Kier alpha value is -2.49. The van der Waals surface area contributed by atoms with Crippen LogP contribution in [0.1, 0.15) is 21.3 Å². The summed E-state index contributed by atoms with van der Waals surface area (Å²) in [5.41, 5.74) is -0.0220. The molecule has 0 saturated carbocycles. The Bertz CT molecular complexity index is 622. The topological polar surface area (TPSA) is 122 Å². The van der Waals surface area contributed by atoms with Gasteiger partial charge in [-0.25, -0.2) is 14.6 Å². The third-order valence-electron chi connectivity index (χ3n) is 2.38. The molecule has 3 N–H and O–H groups in total. The number of rotatable bonds is 5. The van der Waals surface area contributed by atoms with E-state index in [9.17, 15) is 9.59 Å². The number of nitrogens with zero attached hydrogens (tertiary/aromatic N) is 4. The number of hydrogen-bond donors (Lipinski definition) is 3. The molecular weight excluding hydrogens is 284 g/mol. The third kappa shape index (κ3) is 3.51. The molecule has 0 saturated heterocycles. The molecule has 0 atom stereocenters. The SMILES string of the molecule is Cn1cnnc1CNC(=O)NCc1nc(C(=O)O)cs1. The third-order valence-corrected chi connectivity index (χ3v) is 3.23. The number of carboxylic acids is 1. The molecule has 0 unspecified atom stereocenters. The van der Waals surface area contributed by atoms with Gasteiger partial charge in [0, 0.05) is 12.4 Å². The van der Waals surface area contributed by atoms with E-state index in [-0.39, 0.29) is 24.8 Å². The maximum Gasteiger partial charge on any atom is 0.355 e. The fourth-order valence-electron chi connectivity index (χ4n) is 1.34. The summed E-state index contributed by atoms with van der Waals surface area (Å²) >= 11 is 1.18. The molecule has 0 bridgehead atoms. The van der Waals surface area contributed by atoms with Crippen LogP contribution < -0.4 is 10.6 Å². The summed E-state index contributed by atoms with van der Waals surface area (Å²) in [5.74, 6) is -0.457. The minimum absolute atomic E-state index is 0.0220. The minimum atomic E-state index is -1.08. The zero-order valence-electron chi connectivity index (χ0n) is 10.5. The van der Waals surface area contributed by atoms with Gasteiger partial charge in [-0.05, 0) is 0 Å². The Morgan fingerprint density at radius 2 is 2.15 bits per heavy atom. The van der Waals surface area contributed by atoms with Crippen LogP contribution in [0.4, 0.5) is 4.79 Å². The summed E-state index contributed by atoms with van der Waals surface area (Å²) in [7, 11) is 1.78. The molecule has 2 aromatic rings. The van der Waals surface area contributed by atoms with Crippen LogP contribution in [0.25, 0.3) is 0 Å². The molecule has 2 amide bonds. The Morgan fingerprint density at radius 1 is 1.40 bits per heavy atom. The maximum atomic E-state index is 11.5. The molecular formula is C10H12N6O3S. The first-order chi connectivity index (χ1) is 9.56. The predicted octanol–water partition coefficient (Wildman–Crippen LogP) is -0.0308. The fraction of sp³-hybridized carbons (Fsp3) is 0.300. The van der Waals surface area contributed by atoms with Gasteiger partial charge in [-0.2, -0.15) is 0 Å². The number of nitrogens with one attached hydrogen (secondary N) is 2. The van der Waals surface area contributed by atoms with E-state index in [1.54, 1.807) is 11.6 Å². The average Bonchev–Trinajstić information content (AvgIpc) is 3.03. The van der Waals surface area contributed by atoms with Crippen LogP contribution in [0.3, 0.4) is 0 Å². The molecule has 0 aliphatic rings. The molecule has 0 radical (unpaired) electrons. The largest absolute Gasteiger partial charge is 0.476 e. The van der Waals surface area contributed by atoms with Crippen molar-refractivity contribution in [1.29, 1.82) is 0 Å². The van der Waals surface area contributed by atoms with Crippen LogP contribution in [-0.2, 0) is 20.1 Å². The summed E-state index contributed by atoms with van der Waals surface area (Å²) in [6.45, 7) is 0.420. The molecule has 0 spiro atoms. The van der Waals surface area contributed by atoms with Crippen molar-refractivity contribution >= 4 is 23.3 Å². The number of carbonyl (C=O) groups is 2. The molecule has 9 nitrogen and oxygen atoms in total. The molecule has 0 aliphatic carbocycles. The van der Waals surface area contributed by atoms with Crippen LogP contribution >= 0.6 is 11.3 Å². The molecule has 2 aromatic heterocycles. The highest BCUT2D eigenvalue weighted by molar-refractivity contribution is 7.09. The highest BCUT2D eigenvalue weighted by atomic mass is 32.1. The summed E-state index contributed by atoms with van der Waals surface area (Å²) in [6.07, 6.45) is 1.54. The smallest absolute Gasteiger partial charge is 0.355 e. The Labute approximate surface area is 117 Å². The Balaban J connectivity index is 1.77. The van der Waals surface area contributed by atoms with E-state index in [0.29, 0.717) is 10.8 Å². The van der Waals surface area contributed by atoms with Crippen LogP contribution in [-0.4, -0.2) is 36.9 Å². The number of carboxylic acid groups (broad SMARTS) is 1. The van der Waals surface area contributed by atoms with E-state index in [4.69, 9.17) is 5.11 Å². The highest BCUT2D eigenvalue weighted by Gasteiger charge is 2.09. The number of amides is 2. The van der Waals surface area contributed by atoms with E-state index in [1.807, 2.05) is 0 Å². The second-order valence-electron chi connectivity index (χ2n) is 3.83. The van der Waals surface area contributed by atoms with Gasteiger partial charge in [-0.15, -0.1) is 21.5 Å². The molecule has 0 fully saturated rings. The van der Waals surface area contributed by atoms with Gasteiger partial charge in [0.15, 0.2) is 11.5 Å². The number of aromatic carboxylic acids is 1. The summed E-state index contributed by atoms with van der Waals surface area (Å²) in [4.78, 5) is 26.0. The normalized spacial score (nSPS) is 10.2. The van der Waals surface area contributed by atoms with Crippen LogP contribution in [0.5, 0.6) is 0 Å². The quantitative estimate of drug-likeness (QED) is 0.712. The van der Waals surface area contributed by atoms with Crippen molar-refractivity contribution in [2.75, 3.05) is 0 Å². The van der Waals surface area contributed by atoms with Crippen LogP contribution in [0, 0.1) is 0 Å². The Morgan fingerprint density at radius 3 is 2.75 bits per heavy atom. The molecule has 2 rings (SSSR count). The minimum Gasteiger partial charge on any atom is -0.476 e. The van der Waals surface area contributed by atoms with E-state index in [2.05, 4.69) is 25.8 Å². The lowest BCUT2D eigenvalue weighted by Gasteiger charge is -2.05. The number of carbonyl (C=O) groups excluding carboxylic acids is 1. The maximum absolute atomic E-state index is 11.5. The number of thiazole rings is 1. The van der Waals surface area contributed by atoms with Gasteiger partial charge in [-0.3, -0.25) is 0 Å². The zero-order valence-corrected chi connectivity index (χ0v) is 11.3. The Kier molecular flexibility index (Phi) is 4.25. The second kappa shape index (κ2) is 6.10. The first kappa shape index (κ1) is 13.9. The monoisotopic (exact) mass is 296 g/mol. The number of urea groups is 1. The van der Waals surface area contributed by atoms with Gasteiger partial charge in [0.25, 0.3) is 0 Å². The fourth-order valence-corrected chi connectivity index (χ4v) is 2.04. The lowest BCUT2D eigenvalue weighted by Crippen LogP contribution is -2.35. The lowest BCUT2D eigenvalue weighted by atomic mass is 10.5. The number of aromatic nitrogens is 4. The van der Waals surface area contributed by atoms with Crippen molar-refractivity contribution in [3.8, 4) is 0 Å². The van der Waals surface area contributed by atoms with Crippen molar-refractivity contribution in [3.63, 3.8) is 0 Å². The van der Waals surface area contributed by atoms with Gasteiger partial charge >= 0.3 is 12.0 Å². The van der Waals surface area contributed by atoms with Crippen molar-refractivity contribution < 1.29 is 14.7 Å². The lowest BCUT2D eigenvalue weighted by molar-refractivity contribution is 0.0691.